The highest BCUT2D eigenvalue weighted by Gasteiger charge is 2.36. The Balaban J connectivity index is 2.01. The number of anilines is 1. The summed E-state index contributed by atoms with van der Waals surface area (Å²) in [6, 6.07) is 6.47. The zero-order valence-corrected chi connectivity index (χ0v) is 10.7. The molecule has 1 aliphatic carbocycles. The van der Waals surface area contributed by atoms with E-state index in [0.29, 0.717) is 4.90 Å². The van der Waals surface area contributed by atoms with E-state index in [4.69, 9.17) is 5.11 Å². The van der Waals surface area contributed by atoms with Gasteiger partial charge >= 0.3 is 0 Å². The molecule has 1 atom stereocenters. The second-order valence-corrected chi connectivity index (χ2v) is 6.71. The predicted octanol–water partition coefficient (Wildman–Crippen LogP) is 0.388. The maximum Gasteiger partial charge on any atom is 0.181 e. The van der Waals surface area contributed by atoms with E-state index in [1.807, 2.05) is 0 Å². The third kappa shape index (κ3) is 3.01. The van der Waals surface area contributed by atoms with Gasteiger partial charge in [0.25, 0.3) is 0 Å². The third-order valence-corrected chi connectivity index (χ3v) is 5.18. The number of nitrogens with one attached hydrogen (secondary N) is 1. The molecule has 1 saturated carbocycles. The van der Waals surface area contributed by atoms with Gasteiger partial charge in [-0.3, -0.25) is 0 Å². The van der Waals surface area contributed by atoms with Gasteiger partial charge in [-0.1, -0.05) is 0 Å². The van der Waals surface area contributed by atoms with E-state index in [1.165, 1.54) is 0 Å². The molecule has 0 heterocycles. The first-order valence-corrected chi connectivity index (χ1v) is 7.45. The van der Waals surface area contributed by atoms with Crippen molar-refractivity contribution in [1.29, 1.82) is 0 Å². The van der Waals surface area contributed by atoms with Gasteiger partial charge in [-0.05, 0) is 37.1 Å². The molecule has 2 rings (SSSR count). The normalized spacial score (nSPS) is 17.4. The molecule has 0 amide bonds. The highest BCUT2D eigenvalue weighted by Crippen LogP contribution is 2.33. The molecular formula is C12H17NO4S. The molecule has 1 aromatic carbocycles. The van der Waals surface area contributed by atoms with E-state index in [-0.39, 0.29) is 18.4 Å². The number of aliphatic hydroxyl groups excluding tert-OH is 2. The number of hydrogen-bond acceptors (Lipinski definition) is 5. The minimum atomic E-state index is -3.14. The van der Waals surface area contributed by atoms with Crippen LogP contribution in [0.2, 0.25) is 0 Å². The minimum absolute atomic E-state index is 0.201. The average molecular weight is 271 g/mol. The van der Waals surface area contributed by atoms with Crippen molar-refractivity contribution < 1.29 is 18.6 Å². The van der Waals surface area contributed by atoms with Gasteiger partial charge in [-0.15, -0.1) is 0 Å². The molecule has 1 unspecified atom stereocenters. The summed E-state index contributed by atoms with van der Waals surface area (Å²) in [6.07, 6.45) is 0.690. The summed E-state index contributed by atoms with van der Waals surface area (Å²) in [4.78, 5) is 0.346. The standard InChI is InChI=1S/C12H17NO4S/c14-8-10(15)7-13-9-1-3-11(4-2-9)18(16,17)12-5-6-12/h1-4,10,12-15H,5-8H2. The lowest BCUT2D eigenvalue weighted by Gasteiger charge is -2.10. The predicted molar refractivity (Wildman–Crippen MR) is 68.2 cm³/mol. The van der Waals surface area contributed by atoms with E-state index in [1.54, 1.807) is 24.3 Å². The van der Waals surface area contributed by atoms with E-state index < -0.39 is 15.9 Å². The zero-order chi connectivity index (χ0) is 13.2. The fraction of sp³-hybridized carbons (Fsp3) is 0.500. The molecular weight excluding hydrogens is 254 g/mol. The molecule has 3 N–H and O–H groups in total. The van der Waals surface area contributed by atoms with Crippen molar-refractivity contribution in [3.63, 3.8) is 0 Å². The number of aliphatic hydroxyl groups is 2. The van der Waals surface area contributed by atoms with Crippen LogP contribution in [0, 0.1) is 0 Å². The zero-order valence-electron chi connectivity index (χ0n) is 9.91. The molecule has 6 heteroatoms. The van der Waals surface area contributed by atoms with Crippen molar-refractivity contribution in [2.75, 3.05) is 18.5 Å². The van der Waals surface area contributed by atoms with E-state index in [9.17, 15) is 13.5 Å². The van der Waals surface area contributed by atoms with Gasteiger partial charge in [0.05, 0.1) is 22.9 Å². The van der Waals surface area contributed by atoms with Crippen molar-refractivity contribution >= 4 is 15.5 Å². The fourth-order valence-corrected chi connectivity index (χ4v) is 3.29. The van der Waals surface area contributed by atoms with Gasteiger partial charge in [-0.2, -0.15) is 0 Å². The van der Waals surface area contributed by atoms with Crippen LogP contribution in [0.3, 0.4) is 0 Å². The third-order valence-electron chi connectivity index (χ3n) is 2.90. The van der Waals surface area contributed by atoms with E-state index in [2.05, 4.69) is 5.32 Å². The van der Waals surface area contributed by atoms with Crippen LogP contribution < -0.4 is 5.32 Å². The molecule has 5 nitrogen and oxygen atoms in total. The maximum absolute atomic E-state index is 11.9. The monoisotopic (exact) mass is 271 g/mol. The Morgan fingerprint density at radius 1 is 1.28 bits per heavy atom. The summed E-state index contributed by atoms with van der Waals surface area (Å²) in [6.45, 7) is -0.0770. The molecule has 0 aromatic heterocycles. The Labute approximate surface area is 106 Å². The molecule has 0 saturated heterocycles. The molecule has 0 bridgehead atoms. The van der Waals surface area contributed by atoms with E-state index in [0.717, 1.165) is 18.5 Å². The Morgan fingerprint density at radius 2 is 1.89 bits per heavy atom. The topological polar surface area (TPSA) is 86.6 Å². The first kappa shape index (κ1) is 13.3. The Bertz CT molecular complexity index is 493. The van der Waals surface area contributed by atoms with Gasteiger partial charge in [0.1, 0.15) is 0 Å². The summed E-state index contributed by atoms with van der Waals surface area (Å²) >= 11 is 0. The van der Waals surface area contributed by atoms with Crippen molar-refractivity contribution in [2.45, 2.75) is 29.1 Å². The minimum Gasteiger partial charge on any atom is -0.394 e. The van der Waals surface area contributed by atoms with Gasteiger partial charge in [0.15, 0.2) is 9.84 Å². The Morgan fingerprint density at radius 3 is 2.39 bits per heavy atom. The SMILES string of the molecule is O=S(=O)(c1ccc(NCC(O)CO)cc1)C1CC1. The quantitative estimate of drug-likeness (QED) is 0.696. The first-order valence-electron chi connectivity index (χ1n) is 5.91. The van der Waals surface area contributed by atoms with Crippen LogP contribution in [0.4, 0.5) is 5.69 Å². The second-order valence-electron chi connectivity index (χ2n) is 4.49. The molecule has 18 heavy (non-hydrogen) atoms. The largest absolute Gasteiger partial charge is 0.394 e. The lowest BCUT2D eigenvalue weighted by molar-refractivity contribution is 0.105. The van der Waals surface area contributed by atoms with Crippen molar-refractivity contribution in [1.82, 2.24) is 0 Å². The maximum atomic E-state index is 11.9. The van der Waals surface area contributed by atoms with Crippen molar-refractivity contribution in [3.05, 3.63) is 24.3 Å². The lowest BCUT2D eigenvalue weighted by Crippen LogP contribution is -2.22. The summed E-state index contributed by atoms with van der Waals surface area (Å²) in [5.41, 5.74) is 0.720. The molecule has 0 aliphatic heterocycles. The highest BCUT2D eigenvalue weighted by atomic mass is 32.2. The lowest BCUT2D eigenvalue weighted by atomic mass is 10.3. The Kier molecular flexibility index (Phi) is 3.89. The fourth-order valence-electron chi connectivity index (χ4n) is 1.63. The summed E-state index contributed by atoms with van der Waals surface area (Å²) in [5, 5.41) is 20.6. The summed E-state index contributed by atoms with van der Waals surface area (Å²) in [7, 11) is -3.14. The number of benzene rings is 1. The van der Waals surface area contributed by atoms with Crippen LogP contribution in [0.5, 0.6) is 0 Å². The van der Waals surface area contributed by atoms with Crippen LogP contribution in [0.1, 0.15) is 12.8 Å². The van der Waals surface area contributed by atoms with E-state index >= 15 is 0 Å². The smallest absolute Gasteiger partial charge is 0.181 e. The Hall–Kier alpha value is -1.11. The van der Waals surface area contributed by atoms with Crippen LogP contribution in [-0.4, -0.2) is 43.1 Å². The van der Waals surface area contributed by atoms with Gasteiger partial charge in [0, 0.05) is 12.2 Å². The molecule has 1 aromatic rings. The molecule has 0 spiro atoms. The molecule has 1 aliphatic rings. The van der Waals surface area contributed by atoms with Gasteiger partial charge < -0.3 is 15.5 Å². The van der Waals surface area contributed by atoms with Crippen molar-refractivity contribution in [3.8, 4) is 0 Å². The van der Waals surface area contributed by atoms with Crippen LogP contribution >= 0.6 is 0 Å². The number of rotatable bonds is 6. The van der Waals surface area contributed by atoms with Crippen LogP contribution in [-0.2, 0) is 9.84 Å². The number of hydrogen-bond donors (Lipinski definition) is 3. The number of sulfone groups is 1. The average Bonchev–Trinajstić information content (AvgIpc) is 3.21. The van der Waals surface area contributed by atoms with Crippen molar-refractivity contribution in [2.24, 2.45) is 0 Å². The molecule has 100 valence electrons. The van der Waals surface area contributed by atoms with Gasteiger partial charge in [0.2, 0.25) is 0 Å². The van der Waals surface area contributed by atoms with Gasteiger partial charge in [-0.25, -0.2) is 8.42 Å². The second kappa shape index (κ2) is 5.26. The highest BCUT2D eigenvalue weighted by molar-refractivity contribution is 7.92. The van der Waals surface area contributed by atoms with Crippen LogP contribution in [0.15, 0.2) is 29.2 Å². The summed E-state index contributed by atoms with van der Waals surface area (Å²) in [5.74, 6) is 0. The van der Waals surface area contributed by atoms with Crippen LogP contribution in [0.25, 0.3) is 0 Å². The first-order chi connectivity index (χ1) is 8.54. The molecule has 0 radical (unpaired) electrons. The molecule has 1 fully saturated rings. The summed E-state index contributed by atoms with van der Waals surface area (Å²) < 4.78 is 23.8.